The highest BCUT2D eigenvalue weighted by Crippen LogP contribution is 2.24. The predicted octanol–water partition coefficient (Wildman–Crippen LogP) is 3.78. The second-order valence-electron chi connectivity index (χ2n) is 3.39. The molecule has 0 unspecified atom stereocenters. The van der Waals surface area contributed by atoms with E-state index in [1.54, 1.807) is 11.3 Å². The maximum absolute atomic E-state index is 8.95. The van der Waals surface area contributed by atoms with Crippen molar-refractivity contribution in [2.24, 2.45) is 0 Å². The van der Waals surface area contributed by atoms with Crippen LogP contribution in [0.15, 0.2) is 42.5 Å². The average molecular weight is 220 g/mol. The molecule has 0 aliphatic carbocycles. The minimum atomic E-state index is 0.124. The van der Waals surface area contributed by atoms with Crippen LogP contribution in [0.25, 0.3) is 5.57 Å². The zero-order valence-corrected chi connectivity index (χ0v) is 9.97. The Kier molecular flexibility index (Phi) is 4.53. The Balaban J connectivity index is 2.84. The van der Waals surface area contributed by atoms with Crippen molar-refractivity contribution in [2.75, 3.05) is 0 Å². The Labute approximate surface area is 95.1 Å². The van der Waals surface area contributed by atoms with Crippen LogP contribution >= 0.6 is 11.3 Å². The van der Waals surface area contributed by atoms with Gasteiger partial charge in [0.2, 0.25) is 0 Å². The molecule has 0 atom stereocenters. The molecule has 1 heterocycles. The molecule has 0 aliphatic rings. The maximum atomic E-state index is 8.95. The smallest absolute Gasteiger partial charge is 0.0774 e. The van der Waals surface area contributed by atoms with Gasteiger partial charge < -0.3 is 5.11 Å². The monoisotopic (exact) mass is 220 g/mol. The van der Waals surface area contributed by atoms with E-state index >= 15 is 0 Å². The first kappa shape index (κ1) is 12.0. The first-order chi connectivity index (χ1) is 7.17. The lowest BCUT2D eigenvalue weighted by Crippen LogP contribution is -1.72. The number of rotatable bonds is 4. The van der Waals surface area contributed by atoms with Crippen molar-refractivity contribution >= 4 is 16.9 Å². The Hall–Kier alpha value is -1.12. The topological polar surface area (TPSA) is 20.2 Å². The third kappa shape index (κ3) is 3.50. The summed E-state index contributed by atoms with van der Waals surface area (Å²) in [6.07, 6.45) is 5.95. The minimum absolute atomic E-state index is 0.124. The molecule has 0 spiro atoms. The van der Waals surface area contributed by atoms with Crippen LogP contribution in [0.1, 0.15) is 23.6 Å². The molecule has 1 nitrogen and oxygen atoms in total. The minimum Gasteiger partial charge on any atom is -0.391 e. The number of allylic oxidation sites excluding steroid dienone is 5. The van der Waals surface area contributed by atoms with Crippen LogP contribution < -0.4 is 0 Å². The van der Waals surface area contributed by atoms with Crippen molar-refractivity contribution < 1.29 is 5.11 Å². The average Bonchev–Trinajstić information content (AvgIpc) is 2.73. The van der Waals surface area contributed by atoms with Crippen LogP contribution in [0.5, 0.6) is 0 Å². The lowest BCUT2D eigenvalue weighted by Gasteiger charge is -1.94. The van der Waals surface area contributed by atoms with E-state index in [4.69, 9.17) is 5.11 Å². The third-order valence-corrected chi connectivity index (χ3v) is 3.33. The van der Waals surface area contributed by atoms with Crippen LogP contribution in [-0.4, -0.2) is 5.11 Å². The maximum Gasteiger partial charge on any atom is 0.0774 e. The Morgan fingerprint density at radius 2 is 2.13 bits per heavy atom. The van der Waals surface area contributed by atoms with Crippen molar-refractivity contribution in [2.45, 2.75) is 20.5 Å². The summed E-state index contributed by atoms with van der Waals surface area (Å²) in [7, 11) is 0. The molecule has 1 aromatic heterocycles. The molecular formula is C13H16OS. The van der Waals surface area contributed by atoms with Crippen molar-refractivity contribution in [3.05, 3.63) is 52.3 Å². The second kappa shape index (κ2) is 5.69. The van der Waals surface area contributed by atoms with Crippen molar-refractivity contribution in [3.63, 3.8) is 0 Å². The first-order valence-electron chi connectivity index (χ1n) is 4.85. The van der Waals surface area contributed by atoms with Crippen molar-refractivity contribution in [3.8, 4) is 0 Å². The van der Waals surface area contributed by atoms with Gasteiger partial charge in [-0.25, -0.2) is 0 Å². The fourth-order valence-electron chi connectivity index (χ4n) is 1.08. The quantitative estimate of drug-likeness (QED) is 0.766. The molecule has 1 rings (SSSR count). The molecule has 0 saturated heterocycles. The highest BCUT2D eigenvalue weighted by atomic mass is 32.1. The molecule has 0 fully saturated rings. The van der Waals surface area contributed by atoms with E-state index in [0.717, 1.165) is 10.5 Å². The fourth-order valence-corrected chi connectivity index (χ4v) is 1.93. The van der Waals surface area contributed by atoms with Crippen LogP contribution in [-0.2, 0) is 6.61 Å². The van der Waals surface area contributed by atoms with E-state index in [9.17, 15) is 0 Å². The van der Waals surface area contributed by atoms with Gasteiger partial charge in [0.15, 0.2) is 0 Å². The van der Waals surface area contributed by atoms with Gasteiger partial charge in [-0.1, -0.05) is 30.4 Å². The molecule has 80 valence electrons. The van der Waals surface area contributed by atoms with E-state index in [0.29, 0.717) is 0 Å². The molecular weight excluding hydrogens is 204 g/mol. The summed E-state index contributed by atoms with van der Waals surface area (Å²) >= 11 is 1.63. The summed E-state index contributed by atoms with van der Waals surface area (Å²) in [5, 5.41) is 8.95. The predicted molar refractivity (Wildman–Crippen MR) is 67.8 cm³/mol. The molecule has 1 aromatic rings. The summed E-state index contributed by atoms with van der Waals surface area (Å²) in [6.45, 7) is 7.91. The molecule has 0 radical (unpaired) electrons. The lowest BCUT2D eigenvalue weighted by atomic mass is 10.2. The normalized spacial score (nSPS) is 13.0. The van der Waals surface area contributed by atoms with Crippen molar-refractivity contribution in [1.29, 1.82) is 0 Å². The van der Waals surface area contributed by atoms with Gasteiger partial charge in [0, 0.05) is 9.75 Å². The Morgan fingerprint density at radius 3 is 2.67 bits per heavy atom. The molecule has 0 bridgehead atoms. The molecule has 0 amide bonds. The van der Waals surface area contributed by atoms with Gasteiger partial charge in [-0.15, -0.1) is 11.3 Å². The summed E-state index contributed by atoms with van der Waals surface area (Å²) < 4.78 is 0. The van der Waals surface area contributed by atoms with Crippen LogP contribution in [0.3, 0.4) is 0 Å². The van der Waals surface area contributed by atoms with Gasteiger partial charge in [-0.3, -0.25) is 0 Å². The lowest BCUT2D eigenvalue weighted by molar-refractivity contribution is 0.285. The van der Waals surface area contributed by atoms with E-state index in [2.05, 4.69) is 19.6 Å². The zero-order valence-electron chi connectivity index (χ0n) is 9.16. The van der Waals surface area contributed by atoms with Crippen LogP contribution in [0, 0.1) is 0 Å². The zero-order chi connectivity index (χ0) is 11.3. The van der Waals surface area contributed by atoms with Gasteiger partial charge in [0.1, 0.15) is 0 Å². The largest absolute Gasteiger partial charge is 0.391 e. The highest BCUT2D eigenvalue weighted by Gasteiger charge is 1.99. The van der Waals surface area contributed by atoms with Gasteiger partial charge in [-0.2, -0.15) is 0 Å². The summed E-state index contributed by atoms with van der Waals surface area (Å²) in [5.74, 6) is 0. The molecule has 15 heavy (non-hydrogen) atoms. The number of aliphatic hydroxyl groups excluding tert-OH is 1. The third-order valence-electron chi connectivity index (χ3n) is 2.12. The van der Waals surface area contributed by atoms with E-state index in [-0.39, 0.29) is 6.61 Å². The Morgan fingerprint density at radius 1 is 1.40 bits per heavy atom. The number of hydrogen-bond donors (Lipinski definition) is 1. The Bertz CT molecular complexity index is 396. The molecule has 0 saturated carbocycles. The highest BCUT2D eigenvalue weighted by molar-refractivity contribution is 7.13. The van der Waals surface area contributed by atoms with E-state index < -0.39 is 0 Å². The van der Waals surface area contributed by atoms with Gasteiger partial charge in [0.05, 0.1) is 6.61 Å². The number of aliphatic hydroxyl groups is 1. The summed E-state index contributed by atoms with van der Waals surface area (Å²) in [6, 6.07) is 4.00. The molecule has 0 aliphatic heterocycles. The molecule has 1 N–H and O–H groups in total. The standard InChI is InChI=1S/C13H16OS/c1-4-10(2)5-6-11(3)13-8-7-12(9-14)15-13/h4-8,14H,1,9H2,2-3H3/b10-5-,11-6+. The van der Waals surface area contributed by atoms with Gasteiger partial charge >= 0.3 is 0 Å². The van der Waals surface area contributed by atoms with Crippen molar-refractivity contribution in [1.82, 2.24) is 0 Å². The van der Waals surface area contributed by atoms with Gasteiger partial charge in [0.25, 0.3) is 0 Å². The number of thiophene rings is 1. The summed E-state index contributed by atoms with van der Waals surface area (Å²) in [5.41, 5.74) is 2.36. The van der Waals surface area contributed by atoms with Crippen LogP contribution in [0.2, 0.25) is 0 Å². The SMILES string of the molecule is C=C/C(C)=C\C=C(/C)c1ccc(CO)s1. The first-order valence-corrected chi connectivity index (χ1v) is 5.66. The second-order valence-corrected chi connectivity index (χ2v) is 4.56. The summed E-state index contributed by atoms with van der Waals surface area (Å²) in [4.78, 5) is 2.20. The van der Waals surface area contributed by atoms with E-state index in [1.165, 1.54) is 10.5 Å². The fraction of sp³-hybridized carbons (Fsp3) is 0.231. The number of hydrogen-bond acceptors (Lipinski definition) is 2. The van der Waals surface area contributed by atoms with Crippen LogP contribution in [0.4, 0.5) is 0 Å². The molecule has 0 aromatic carbocycles. The van der Waals surface area contributed by atoms with Gasteiger partial charge in [-0.05, 0) is 31.6 Å². The molecule has 2 heteroatoms. The van der Waals surface area contributed by atoms with E-state index in [1.807, 2.05) is 31.2 Å².